The van der Waals surface area contributed by atoms with E-state index in [0.29, 0.717) is 23.4 Å². The van der Waals surface area contributed by atoms with Crippen molar-refractivity contribution in [2.75, 3.05) is 31.1 Å². The summed E-state index contributed by atoms with van der Waals surface area (Å²) in [5.41, 5.74) is 1.62. The average Bonchev–Trinajstić information content (AvgIpc) is 3.06. The highest BCUT2D eigenvalue weighted by atomic mass is 16.2. The Kier molecular flexibility index (Phi) is 3.26. The Labute approximate surface area is 145 Å². The summed E-state index contributed by atoms with van der Waals surface area (Å²) >= 11 is 0. The fraction of sp³-hybridized carbons (Fsp3) is 0.588. The topological polar surface area (TPSA) is 80.0 Å². The maximum atomic E-state index is 12.5. The van der Waals surface area contributed by atoms with Crippen molar-refractivity contribution < 1.29 is 4.79 Å². The highest BCUT2D eigenvalue weighted by Crippen LogP contribution is 2.40. The molecule has 2 aromatic rings. The van der Waals surface area contributed by atoms with Crippen LogP contribution in [0.1, 0.15) is 34.9 Å². The van der Waals surface area contributed by atoms with Crippen LogP contribution in [-0.4, -0.2) is 61.9 Å². The summed E-state index contributed by atoms with van der Waals surface area (Å²) in [5, 5.41) is 7.80. The maximum Gasteiger partial charge on any atom is 0.276 e. The van der Waals surface area contributed by atoms with Crippen molar-refractivity contribution in [2.24, 2.45) is 18.9 Å². The monoisotopic (exact) mass is 339 g/mol. The number of likely N-dealkylation sites (tertiary alicyclic amines) is 1. The third-order valence-corrected chi connectivity index (χ3v) is 5.59. The van der Waals surface area contributed by atoms with Crippen molar-refractivity contribution in [1.82, 2.24) is 29.9 Å². The molecule has 0 radical (unpaired) electrons. The van der Waals surface area contributed by atoms with Crippen molar-refractivity contribution in [2.45, 2.75) is 18.8 Å². The summed E-state index contributed by atoms with van der Waals surface area (Å²) in [7, 11) is 1.78. The summed E-state index contributed by atoms with van der Waals surface area (Å²) in [5.74, 6) is 2.68. The van der Waals surface area contributed by atoms with Gasteiger partial charge in [-0.15, -0.1) is 5.10 Å². The summed E-state index contributed by atoms with van der Waals surface area (Å²) in [4.78, 5) is 25.7. The van der Waals surface area contributed by atoms with Gasteiger partial charge in [-0.2, -0.15) is 0 Å². The van der Waals surface area contributed by atoms with E-state index < -0.39 is 0 Å². The highest BCUT2D eigenvalue weighted by Gasteiger charge is 2.42. The van der Waals surface area contributed by atoms with Crippen molar-refractivity contribution in [1.29, 1.82) is 0 Å². The van der Waals surface area contributed by atoms with E-state index in [-0.39, 0.29) is 5.91 Å². The number of carbonyl (C=O) groups is 1. The van der Waals surface area contributed by atoms with Gasteiger partial charge in [0.1, 0.15) is 12.1 Å². The van der Waals surface area contributed by atoms with Crippen molar-refractivity contribution >= 4 is 11.7 Å². The quantitative estimate of drug-likeness (QED) is 0.819. The number of nitrogens with zero attached hydrogens (tertiary/aromatic N) is 7. The van der Waals surface area contributed by atoms with E-state index >= 15 is 0 Å². The predicted octanol–water partition coefficient (Wildman–Crippen LogP) is 0.691. The van der Waals surface area contributed by atoms with E-state index in [1.54, 1.807) is 24.3 Å². The predicted molar refractivity (Wildman–Crippen MR) is 90.1 cm³/mol. The maximum absolute atomic E-state index is 12.5. The molecule has 3 fully saturated rings. The van der Waals surface area contributed by atoms with Gasteiger partial charge in [0, 0.05) is 62.7 Å². The molecule has 3 aliphatic rings. The SMILES string of the molecule is Cn1cc(C(=O)N2CC3CN(c4cc(C5CC5)ncn4)CC3C2)nn1. The van der Waals surface area contributed by atoms with Crippen LogP contribution in [0.25, 0.3) is 0 Å². The largest absolute Gasteiger partial charge is 0.356 e. The van der Waals surface area contributed by atoms with Gasteiger partial charge in [0.2, 0.25) is 0 Å². The van der Waals surface area contributed by atoms with E-state index in [0.717, 1.165) is 32.0 Å². The number of fused-ring (bicyclic) bond motifs is 1. The lowest BCUT2D eigenvalue weighted by Crippen LogP contribution is -2.33. The molecule has 0 aromatic carbocycles. The molecule has 2 saturated heterocycles. The molecule has 0 bridgehead atoms. The molecule has 4 heterocycles. The molecule has 1 saturated carbocycles. The average molecular weight is 339 g/mol. The zero-order valence-corrected chi connectivity index (χ0v) is 14.2. The molecule has 25 heavy (non-hydrogen) atoms. The number of hydrogen-bond acceptors (Lipinski definition) is 6. The normalized spacial score (nSPS) is 25.5. The van der Waals surface area contributed by atoms with Gasteiger partial charge in [-0.05, 0) is 12.8 Å². The van der Waals surface area contributed by atoms with Crippen LogP contribution < -0.4 is 4.90 Å². The highest BCUT2D eigenvalue weighted by molar-refractivity contribution is 5.92. The van der Waals surface area contributed by atoms with Gasteiger partial charge in [-0.25, -0.2) is 9.97 Å². The van der Waals surface area contributed by atoms with E-state index in [2.05, 4.69) is 31.2 Å². The minimum atomic E-state index is -0.00731. The first kappa shape index (κ1) is 14.8. The first-order valence-corrected chi connectivity index (χ1v) is 8.90. The van der Waals surface area contributed by atoms with Crippen LogP contribution in [0.2, 0.25) is 0 Å². The van der Waals surface area contributed by atoms with Crippen LogP contribution in [0, 0.1) is 11.8 Å². The van der Waals surface area contributed by atoms with Gasteiger partial charge in [0.05, 0.1) is 6.20 Å². The molecule has 2 aromatic heterocycles. The van der Waals surface area contributed by atoms with Crippen LogP contribution in [0.4, 0.5) is 5.82 Å². The Morgan fingerprint density at radius 3 is 2.52 bits per heavy atom. The van der Waals surface area contributed by atoms with E-state index in [9.17, 15) is 4.79 Å². The van der Waals surface area contributed by atoms with E-state index in [1.165, 1.54) is 18.5 Å². The Balaban J connectivity index is 1.26. The van der Waals surface area contributed by atoms with Gasteiger partial charge in [-0.3, -0.25) is 9.48 Å². The standard InChI is InChI=1S/C17H21N7O/c1-22-9-15(20-21-22)17(25)24-7-12-5-23(6-13(12)8-24)16-4-14(11-2-3-11)18-10-19-16/h4,9-13H,2-3,5-8H2,1H3. The number of hydrogen-bond donors (Lipinski definition) is 0. The van der Waals surface area contributed by atoms with Crippen LogP contribution in [-0.2, 0) is 7.05 Å². The Morgan fingerprint density at radius 1 is 1.12 bits per heavy atom. The zero-order chi connectivity index (χ0) is 17.0. The van der Waals surface area contributed by atoms with E-state index in [4.69, 9.17) is 0 Å². The van der Waals surface area contributed by atoms with Gasteiger partial charge in [-0.1, -0.05) is 5.21 Å². The minimum absolute atomic E-state index is 0.00731. The van der Waals surface area contributed by atoms with Crippen LogP contribution in [0.3, 0.4) is 0 Å². The lowest BCUT2D eigenvalue weighted by Gasteiger charge is -2.22. The summed E-state index contributed by atoms with van der Waals surface area (Å²) in [6, 6.07) is 2.15. The number of rotatable bonds is 3. The molecule has 130 valence electrons. The van der Waals surface area contributed by atoms with Crippen molar-refractivity contribution in [3.63, 3.8) is 0 Å². The lowest BCUT2D eigenvalue weighted by atomic mass is 10.0. The fourth-order valence-corrected chi connectivity index (χ4v) is 4.09. The Hall–Kier alpha value is -2.51. The lowest BCUT2D eigenvalue weighted by molar-refractivity contribution is 0.0776. The number of aromatic nitrogens is 5. The molecule has 1 amide bonds. The number of anilines is 1. The summed E-state index contributed by atoms with van der Waals surface area (Å²) < 4.78 is 1.57. The van der Waals surface area contributed by atoms with Gasteiger partial charge >= 0.3 is 0 Å². The van der Waals surface area contributed by atoms with Crippen LogP contribution in [0.5, 0.6) is 0 Å². The minimum Gasteiger partial charge on any atom is -0.356 e. The molecule has 2 unspecified atom stereocenters. The van der Waals surface area contributed by atoms with Crippen LogP contribution in [0.15, 0.2) is 18.6 Å². The molecule has 2 atom stereocenters. The Morgan fingerprint density at radius 2 is 1.88 bits per heavy atom. The number of carbonyl (C=O) groups excluding carboxylic acids is 1. The Bertz CT molecular complexity index is 801. The van der Waals surface area contributed by atoms with Gasteiger partial charge in [0.15, 0.2) is 5.69 Å². The third-order valence-electron chi connectivity index (χ3n) is 5.59. The molecule has 8 nitrogen and oxygen atoms in total. The van der Waals surface area contributed by atoms with Gasteiger partial charge in [0.25, 0.3) is 5.91 Å². The molecular formula is C17H21N7O. The second-order valence-corrected chi connectivity index (χ2v) is 7.49. The zero-order valence-electron chi connectivity index (χ0n) is 14.2. The van der Waals surface area contributed by atoms with Crippen molar-refractivity contribution in [3.05, 3.63) is 30.0 Å². The smallest absolute Gasteiger partial charge is 0.276 e. The molecule has 2 aliphatic heterocycles. The summed E-state index contributed by atoms with van der Waals surface area (Å²) in [6.07, 6.45) is 5.88. The number of aryl methyl sites for hydroxylation is 1. The molecule has 0 spiro atoms. The second kappa shape index (κ2) is 5.50. The molecule has 8 heteroatoms. The number of amides is 1. The molecule has 0 N–H and O–H groups in total. The summed E-state index contributed by atoms with van der Waals surface area (Å²) in [6.45, 7) is 3.49. The van der Waals surface area contributed by atoms with Crippen LogP contribution >= 0.6 is 0 Å². The fourth-order valence-electron chi connectivity index (χ4n) is 4.09. The first-order chi connectivity index (χ1) is 12.2. The third kappa shape index (κ3) is 2.65. The second-order valence-electron chi connectivity index (χ2n) is 7.49. The van der Waals surface area contributed by atoms with Gasteiger partial charge < -0.3 is 9.80 Å². The molecule has 1 aliphatic carbocycles. The first-order valence-electron chi connectivity index (χ1n) is 8.90. The molecular weight excluding hydrogens is 318 g/mol. The van der Waals surface area contributed by atoms with Crippen molar-refractivity contribution in [3.8, 4) is 0 Å². The van der Waals surface area contributed by atoms with E-state index in [1.807, 2.05) is 4.90 Å². The molecule has 5 rings (SSSR count).